The van der Waals surface area contributed by atoms with E-state index in [0.717, 1.165) is 10.2 Å². The van der Waals surface area contributed by atoms with Crippen LogP contribution in [0.3, 0.4) is 0 Å². The van der Waals surface area contributed by atoms with Crippen molar-refractivity contribution < 1.29 is 4.74 Å². The lowest BCUT2D eigenvalue weighted by atomic mass is 10.3. The molecule has 11 heavy (non-hydrogen) atoms. The molecule has 0 atom stereocenters. The molecule has 0 aliphatic heterocycles. The van der Waals surface area contributed by atoms with Gasteiger partial charge in [-0.05, 0) is 35.0 Å². The van der Waals surface area contributed by atoms with Gasteiger partial charge in [0.1, 0.15) is 0 Å². The lowest BCUT2D eigenvalue weighted by Gasteiger charge is -2.07. The Morgan fingerprint density at radius 3 is 2.82 bits per heavy atom. The number of anilines is 1. The molecule has 0 fully saturated rings. The predicted molar refractivity (Wildman–Crippen MR) is 49.7 cm³/mol. The summed E-state index contributed by atoms with van der Waals surface area (Å²) in [6.45, 7) is 2.56. The molecule has 0 spiro atoms. The molecule has 2 N–H and O–H groups in total. The number of para-hydroxylation sites is 1. The molecule has 1 aromatic carbocycles. The maximum Gasteiger partial charge on any atom is 0.156 e. The molecule has 1 aromatic rings. The Morgan fingerprint density at radius 1 is 1.55 bits per heavy atom. The van der Waals surface area contributed by atoms with Crippen molar-refractivity contribution in [3.8, 4) is 5.75 Å². The van der Waals surface area contributed by atoms with Gasteiger partial charge in [-0.25, -0.2) is 0 Å². The molecule has 0 aliphatic carbocycles. The molecule has 2 nitrogen and oxygen atoms in total. The smallest absolute Gasteiger partial charge is 0.156 e. The standard InChI is InChI=1S/C8H10BrNO/c1-2-11-8-6(9)4-3-5-7(8)10/h3-5H,2,10H2,1H3. The van der Waals surface area contributed by atoms with E-state index >= 15 is 0 Å². The molecule has 0 amide bonds. The van der Waals surface area contributed by atoms with Gasteiger partial charge in [-0.15, -0.1) is 0 Å². The third-order valence-corrected chi connectivity index (χ3v) is 1.91. The first-order chi connectivity index (χ1) is 5.25. The van der Waals surface area contributed by atoms with Crippen molar-refractivity contribution >= 4 is 21.6 Å². The maximum absolute atomic E-state index is 5.65. The van der Waals surface area contributed by atoms with Crippen molar-refractivity contribution in [3.05, 3.63) is 22.7 Å². The number of nitrogen functional groups attached to an aromatic ring is 1. The molecule has 60 valence electrons. The van der Waals surface area contributed by atoms with Crippen LogP contribution in [0.15, 0.2) is 22.7 Å². The van der Waals surface area contributed by atoms with E-state index in [1.54, 1.807) is 0 Å². The van der Waals surface area contributed by atoms with Crippen LogP contribution in [0.25, 0.3) is 0 Å². The number of benzene rings is 1. The number of hydrogen-bond donors (Lipinski definition) is 1. The summed E-state index contributed by atoms with van der Waals surface area (Å²) in [5.74, 6) is 0.731. The van der Waals surface area contributed by atoms with Gasteiger partial charge in [-0.3, -0.25) is 0 Å². The number of halogens is 1. The molecule has 0 heterocycles. The fourth-order valence-electron chi connectivity index (χ4n) is 0.822. The molecule has 3 heteroatoms. The van der Waals surface area contributed by atoms with E-state index in [9.17, 15) is 0 Å². The van der Waals surface area contributed by atoms with Gasteiger partial charge < -0.3 is 10.5 Å². The van der Waals surface area contributed by atoms with E-state index in [0.29, 0.717) is 12.3 Å². The Morgan fingerprint density at radius 2 is 2.27 bits per heavy atom. The highest BCUT2D eigenvalue weighted by Gasteiger charge is 2.02. The average molecular weight is 216 g/mol. The largest absolute Gasteiger partial charge is 0.491 e. The van der Waals surface area contributed by atoms with E-state index in [1.807, 2.05) is 25.1 Å². The van der Waals surface area contributed by atoms with Crippen molar-refractivity contribution in [3.63, 3.8) is 0 Å². The monoisotopic (exact) mass is 215 g/mol. The summed E-state index contributed by atoms with van der Waals surface area (Å²) in [5, 5.41) is 0. The van der Waals surface area contributed by atoms with Crippen LogP contribution in [-0.2, 0) is 0 Å². The van der Waals surface area contributed by atoms with Crippen LogP contribution in [-0.4, -0.2) is 6.61 Å². The summed E-state index contributed by atoms with van der Waals surface area (Å²) >= 11 is 3.34. The van der Waals surface area contributed by atoms with Gasteiger partial charge in [0.15, 0.2) is 5.75 Å². The van der Waals surface area contributed by atoms with Crippen LogP contribution in [0.1, 0.15) is 6.92 Å². The van der Waals surface area contributed by atoms with E-state index in [1.165, 1.54) is 0 Å². The molecular weight excluding hydrogens is 206 g/mol. The van der Waals surface area contributed by atoms with E-state index in [2.05, 4.69) is 15.9 Å². The summed E-state index contributed by atoms with van der Waals surface area (Å²) in [7, 11) is 0. The van der Waals surface area contributed by atoms with Crippen LogP contribution in [0.4, 0.5) is 5.69 Å². The normalized spacial score (nSPS) is 9.64. The van der Waals surface area contributed by atoms with Gasteiger partial charge in [0, 0.05) is 0 Å². The van der Waals surface area contributed by atoms with Crippen molar-refractivity contribution in [2.75, 3.05) is 12.3 Å². The summed E-state index contributed by atoms with van der Waals surface area (Å²) < 4.78 is 6.20. The Kier molecular flexibility index (Phi) is 2.76. The molecule has 0 saturated heterocycles. The van der Waals surface area contributed by atoms with Gasteiger partial charge >= 0.3 is 0 Å². The fraction of sp³-hybridized carbons (Fsp3) is 0.250. The lowest BCUT2D eigenvalue weighted by Crippen LogP contribution is -1.96. The number of rotatable bonds is 2. The first-order valence-corrected chi connectivity index (χ1v) is 4.21. The average Bonchev–Trinajstić information content (AvgIpc) is 1.97. The Labute approximate surface area is 74.5 Å². The highest BCUT2D eigenvalue weighted by atomic mass is 79.9. The van der Waals surface area contributed by atoms with Crippen LogP contribution < -0.4 is 10.5 Å². The Hall–Kier alpha value is -0.700. The quantitative estimate of drug-likeness (QED) is 0.770. The zero-order valence-corrected chi connectivity index (χ0v) is 7.89. The second-order valence-electron chi connectivity index (χ2n) is 2.09. The van der Waals surface area contributed by atoms with Gasteiger partial charge in [-0.1, -0.05) is 6.07 Å². The topological polar surface area (TPSA) is 35.2 Å². The van der Waals surface area contributed by atoms with Gasteiger partial charge in [-0.2, -0.15) is 0 Å². The lowest BCUT2D eigenvalue weighted by molar-refractivity contribution is 0.340. The summed E-state index contributed by atoms with van der Waals surface area (Å²) in [6.07, 6.45) is 0. The maximum atomic E-state index is 5.65. The van der Waals surface area contributed by atoms with Crippen molar-refractivity contribution in [1.29, 1.82) is 0 Å². The van der Waals surface area contributed by atoms with Gasteiger partial charge in [0.05, 0.1) is 16.8 Å². The van der Waals surface area contributed by atoms with Gasteiger partial charge in [0.25, 0.3) is 0 Å². The van der Waals surface area contributed by atoms with Crippen LogP contribution in [0.2, 0.25) is 0 Å². The Balaban J connectivity index is 3.00. The fourth-order valence-corrected chi connectivity index (χ4v) is 1.32. The SMILES string of the molecule is CCOc1c(N)cccc1Br. The molecule has 1 rings (SSSR count). The minimum absolute atomic E-state index is 0.632. The zero-order chi connectivity index (χ0) is 8.27. The van der Waals surface area contributed by atoms with E-state index < -0.39 is 0 Å². The second-order valence-corrected chi connectivity index (χ2v) is 2.95. The minimum atomic E-state index is 0.632. The number of hydrogen-bond acceptors (Lipinski definition) is 2. The third kappa shape index (κ3) is 1.87. The van der Waals surface area contributed by atoms with Crippen molar-refractivity contribution in [2.45, 2.75) is 6.92 Å². The summed E-state index contributed by atoms with van der Waals surface area (Å²) in [4.78, 5) is 0. The van der Waals surface area contributed by atoms with Crippen LogP contribution in [0, 0.1) is 0 Å². The van der Waals surface area contributed by atoms with Crippen LogP contribution >= 0.6 is 15.9 Å². The molecule has 0 aromatic heterocycles. The zero-order valence-electron chi connectivity index (χ0n) is 6.30. The Bertz CT molecular complexity index is 230. The molecule has 0 unspecified atom stereocenters. The van der Waals surface area contributed by atoms with Gasteiger partial charge in [0.2, 0.25) is 0 Å². The molecule has 0 aliphatic rings. The van der Waals surface area contributed by atoms with E-state index in [4.69, 9.17) is 10.5 Å². The number of nitrogens with two attached hydrogens (primary N) is 1. The molecule has 0 radical (unpaired) electrons. The minimum Gasteiger partial charge on any atom is -0.491 e. The number of ether oxygens (including phenoxy) is 1. The molecular formula is C8H10BrNO. The highest BCUT2D eigenvalue weighted by Crippen LogP contribution is 2.30. The summed E-state index contributed by atoms with van der Waals surface area (Å²) in [6, 6.07) is 5.60. The second kappa shape index (κ2) is 3.62. The molecule has 0 saturated carbocycles. The molecule has 0 bridgehead atoms. The van der Waals surface area contributed by atoms with Crippen molar-refractivity contribution in [2.24, 2.45) is 0 Å². The predicted octanol–water partition coefficient (Wildman–Crippen LogP) is 2.43. The van der Waals surface area contributed by atoms with Crippen LogP contribution in [0.5, 0.6) is 5.75 Å². The third-order valence-electron chi connectivity index (χ3n) is 1.29. The van der Waals surface area contributed by atoms with Crippen molar-refractivity contribution in [1.82, 2.24) is 0 Å². The first-order valence-electron chi connectivity index (χ1n) is 3.42. The highest BCUT2D eigenvalue weighted by molar-refractivity contribution is 9.10. The first kappa shape index (κ1) is 8.40. The summed E-state index contributed by atoms with van der Waals surface area (Å²) in [5.41, 5.74) is 6.32. The van der Waals surface area contributed by atoms with E-state index in [-0.39, 0.29) is 0 Å².